The molecular formula is C23H18Cl4N2O3. The van der Waals surface area contributed by atoms with Crippen LogP contribution in [-0.2, 0) is 6.61 Å². The van der Waals surface area contributed by atoms with Crippen molar-refractivity contribution in [2.45, 2.75) is 13.5 Å². The van der Waals surface area contributed by atoms with Gasteiger partial charge < -0.3 is 9.47 Å². The first-order valence-corrected chi connectivity index (χ1v) is 11.0. The highest BCUT2D eigenvalue weighted by Crippen LogP contribution is 2.30. The van der Waals surface area contributed by atoms with Gasteiger partial charge in [0.05, 0.1) is 33.5 Å². The zero-order valence-corrected chi connectivity index (χ0v) is 19.9. The lowest BCUT2D eigenvalue weighted by Gasteiger charge is -2.13. The van der Waals surface area contributed by atoms with Crippen molar-refractivity contribution in [3.05, 3.63) is 91.4 Å². The normalized spacial score (nSPS) is 10.9. The van der Waals surface area contributed by atoms with Gasteiger partial charge in [0.1, 0.15) is 6.61 Å². The topological polar surface area (TPSA) is 59.9 Å². The summed E-state index contributed by atoms with van der Waals surface area (Å²) in [5.74, 6) is 0.658. The average molecular weight is 512 g/mol. The summed E-state index contributed by atoms with van der Waals surface area (Å²) in [6, 6.07) is 15.2. The van der Waals surface area contributed by atoms with Crippen LogP contribution in [0.3, 0.4) is 0 Å². The first-order chi connectivity index (χ1) is 15.4. The molecule has 1 N–H and O–H groups in total. The Hall–Kier alpha value is -2.44. The van der Waals surface area contributed by atoms with Gasteiger partial charge in [-0.25, -0.2) is 5.43 Å². The second kappa shape index (κ2) is 11.4. The van der Waals surface area contributed by atoms with Gasteiger partial charge in [0.2, 0.25) is 0 Å². The van der Waals surface area contributed by atoms with Crippen molar-refractivity contribution in [2.24, 2.45) is 5.10 Å². The van der Waals surface area contributed by atoms with Crippen LogP contribution >= 0.6 is 46.4 Å². The number of halogens is 4. The summed E-state index contributed by atoms with van der Waals surface area (Å²) in [6.45, 7) is 2.62. The van der Waals surface area contributed by atoms with Gasteiger partial charge in [-0.3, -0.25) is 4.79 Å². The predicted molar refractivity (Wildman–Crippen MR) is 130 cm³/mol. The van der Waals surface area contributed by atoms with Gasteiger partial charge in [-0.2, -0.15) is 5.10 Å². The number of ether oxygens (including phenoxy) is 2. The van der Waals surface area contributed by atoms with Crippen LogP contribution in [0.15, 0.2) is 59.7 Å². The molecule has 0 aliphatic rings. The third kappa shape index (κ3) is 6.53. The Bertz CT molecular complexity index is 1150. The van der Waals surface area contributed by atoms with Crippen molar-refractivity contribution in [2.75, 3.05) is 6.61 Å². The van der Waals surface area contributed by atoms with E-state index in [-0.39, 0.29) is 10.6 Å². The first kappa shape index (κ1) is 24.2. The molecule has 0 radical (unpaired) electrons. The van der Waals surface area contributed by atoms with E-state index in [4.69, 9.17) is 55.9 Å². The molecule has 166 valence electrons. The van der Waals surface area contributed by atoms with E-state index < -0.39 is 5.91 Å². The smallest absolute Gasteiger partial charge is 0.272 e. The van der Waals surface area contributed by atoms with Gasteiger partial charge in [-0.1, -0.05) is 52.5 Å². The lowest BCUT2D eigenvalue weighted by Crippen LogP contribution is -2.18. The fraction of sp³-hybridized carbons (Fsp3) is 0.130. The van der Waals surface area contributed by atoms with Crippen molar-refractivity contribution >= 4 is 58.5 Å². The number of rotatable bonds is 8. The number of carbonyl (C=O) groups is 1. The highest BCUT2D eigenvalue weighted by Gasteiger charge is 2.10. The van der Waals surface area contributed by atoms with Gasteiger partial charge in [-0.05, 0) is 66.6 Å². The lowest BCUT2D eigenvalue weighted by atomic mass is 10.2. The number of nitrogens with zero attached hydrogens (tertiary/aromatic N) is 1. The van der Waals surface area contributed by atoms with Crippen LogP contribution in [0.1, 0.15) is 28.4 Å². The fourth-order valence-corrected chi connectivity index (χ4v) is 3.50. The molecule has 0 aromatic heterocycles. The van der Waals surface area contributed by atoms with Gasteiger partial charge in [0, 0.05) is 5.02 Å². The van der Waals surface area contributed by atoms with Gasteiger partial charge in [0.25, 0.3) is 5.91 Å². The zero-order valence-electron chi connectivity index (χ0n) is 16.9. The summed E-state index contributed by atoms with van der Waals surface area (Å²) >= 11 is 23.9. The molecule has 3 rings (SSSR count). The van der Waals surface area contributed by atoms with Crippen LogP contribution in [0.4, 0.5) is 0 Å². The Morgan fingerprint density at radius 2 is 1.72 bits per heavy atom. The van der Waals surface area contributed by atoms with Gasteiger partial charge in [-0.15, -0.1) is 0 Å². The molecule has 3 aromatic carbocycles. The van der Waals surface area contributed by atoms with Crippen LogP contribution < -0.4 is 14.9 Å². The SMILES string of the molecule is CCOc1cc(/C=N\NC(=O)c2ccc(Cl)cc2Cl)ccc1OCc1ccc(Cl)c(Cl)c1. The Labute approximate surface area is 205 Å². The average Bonchev–Trinajstić information content (AvgIpc) is 2.75. The van der Waals surface area contributed by atoms with Crippen LogP contribution in [0.5, 0.6) is 11.5 Å². The van der Waals surface area contributed by atoms with Crippen LogP contribution in [0.25, 0.3) is 0 Å². The summed E-state index contributed by atoms with van der Waals surface area (Å²) in [4.78, 5) is 12.2. The molecule has 0 spiro atoms. The number of hydrazone groups is 1. The molecule has 0 fully saturated rings. The molecule has 0 saturated carbocycles. The Morgan fingerprint density at radius 1 is 0.906 bits per heavy atom. The van der Waals surface area contributed by atoms with E-state index in [1.807, 2.05) is 13.0 Å². The number of hydrogen-bond donors (Lipinski definition) is 1. The Balaban J connectivity index is 1.67. The summed E-state index contributed by atoms with van der Waals surface area (Å²) in [6.07, 6.45) is 1.49. The minimum absolute atomic E-state index is 0.243. The Morgan fingerprint density at radius 3 is 2.44 bits per heavy atom. The second-order valence-corrected chi connectivity index (χ2v) is 8.16. The van der Waals surface area contributed by atoms with E-state index in [2.05, 4.69) is 10.5 Å². The standard InChI is InChI=1S/C23H18Cl4N2O3/c1-2-31-22-10-14(12-28-29-23(30)17-6-5-16(24)11-19(17)26)4-8-21(22)32-13-15-3-7-18(25)20(27)9-15/h3-12H,2,13H2,1H3,(H,29,30)/b28-12-. The molecule has 0 atom stereocenters. The largest absolute Gasteiger partial charge is 0.490 e. The van der Waals surface area contributed by atoms with Crippen molar-refractivity contribution in [3.8, 4) is 11.5 Å². The quantitative estimate of drug-likeness (QED) is 0.260. The van der Waals surface area contributed by atoms with E-state index in [0.29, 0.717) is 45.3 Å². The molecule has 1 amide bonds. The Kier molecular flexibility index (Phi) is 8.65. The van der Waals surface area contributed by atoms with Crippen molar-refractivity contribution < 1.29 is 14.3 Å². The zero-order chi connectivity index (χ0) is 23.1. The monoisotopic (exact) mass is 510 g/mol. The highest BCUT2D eigenvalue weighted by molar-refractivity contribution is 6.42. The highest BCUT2D eigenvalue weighted by atomic mass is 35.5. The molecule has 0 unspecified atom stereocenters. The summed E-state index contributed by atoms with van der Waals surface area (Å²) in [5, 5.41) is 5.62. The third-order valence-electron chi connectivity index (χ3n) is 4.20. The maximum Gasteiger partial charge on any atom is 0.272 e. The maximum atomic E-state index is 12.2. The lowest BCUT2D eigenvalue weighted by molar-refractivity contribution is 0.0955. The third-order valence-corrected chi connectivity index (χ3v) is 5.49. The molecule has 0 saturated heterocycles. The second-order valence-electron chi connectivity index (χ2n) is 6.50. The molecule has 9 heteroatoms. The van der Waals surface area contributed by atoms with Crippen molar-refractivity contribution in [3.63, 3.8) is 0 Å². The molecular weight excluding hydrogens is 494 g/mol. The van der Waals surface area contributed by atoms with E-state index >= 15 is 0 Å². The van der Waals surface area contributed by atoms with E-state index in [9.17, 15) is 4.79 Å². The number of amides is 1. The number of benzene rings is 3. The maximum absolute atomic E-state index is 12.2. The summed E-state index contributed by atoms with van der Waals surface area (Å²) < 4.78 is 11.6. The predicted octanol–water partition coefficient (Wildman–Crippen LogP) is 7.04. The van der Waals surface area contributed by atoms with Crippen LogP contribution in [0.2, 0.25) is 20.1 Å². The first-order valence-electron chi connectivity index (χ1n) is 9.49. The van der Waals surface area contributed by atoms with E-state index in [0.717, 1.165) is 5.56 Å². The molecule has 0 aliphatic carbocycles. The molecule has 0 bridgehead atoms. The molecule has 0 aliphatic heterocycles. The molecule has 0 heterocycles. The van der Waals surface area contributed by atoms with Crippen LogP contribution in [-0.4, -0.2) is 18.7 Å². The van der Waals surface area contributed by atoms with Gasteiger partial charge >= 0.3 is 0 Å². The number of carbonyl (C=O) groups excluding carboxylic acids is 1. The van der Waals surface area contributed by atoms with E-state index in [1.165, 1.54) is 18.3 Å². The van der Waals surface area contributed by atoms with E-state index in [1.54, 1.807) is 36.4 Å². The summed E-state index contributed by atoms with van der Waals surface area (Å²) in [7, 11) is 0. The number of hydrogen-bond acceptors (Lipinski definition) is 4. The van der Waals surface area contributed by atoms with Crippen molar-refractivity contribution in [1.29, 1.82) is 0 Å². The van der Waals surface area contributed by atoms with Crippen molar-refractivity contribution in [1.82, 2.24) is 5.43 Å². The molecule has 32 heavy (non-hydrogen) atoms. The van der Waals surface area contributed by atoms with Gasteiger partial charge in [0.15, 0.2) is 11.5 Å². The van der Waals surface area contributed by atoms with Crippen LogP contribution in [0, 0.1) is 0 Å². The summed E-state index contributed by atoms with van der Waals surface area (Å²) in [5.41, 5.74) is 4.29. The minimum Gasteiger partial charge on any atom is -0.490 e. The minimum atomic E-state index is -0.450. The molecule has 5 nitrogen and oxygen atoms in total. The number of nitrogens with one attached hydrogen (secondary N) is 1. The fourth-order valence-electron chi connectivity index (χ4n) is 2.68. The molecule has 3 aromatic rings.